The quantitative estimate of drug-likeness (QED) is 0.905. The van der Waals surface area contributed by atoms with Crippen LogP contribution in [0.25, 0.3) is 0 Å². The average Bonchev–Trinajstić information content (AvgIpc) is 2.84. The number of hydrogen-bond acceptors (Lipinski definition) is 5. The van der Waals surface area contributed by atoms with Gasteiger partial charge in [0.25, 0.3) is 0 Å². The topological polar surface area (TPSA) is 63.8 Å². The van der Waals surface area contributed by atoms with Crippen molar-refractivity contribution in [3.8, 4) is 0 Å². The Balaban J connectivity index is 2.18. The van der Waals surface area contributed by atoms with E-state index in [-0.39, 0.29) is 17.7 Å². The highest BCUT2D eigenvalue weighted by Gasteiger charge is 2.15. The van der Waals surface area contributed by atoms with Crippen molar-refractivity contribution >= 4 is 23.0 Å². The second-order valence-corrected chi connectivity index (χ2v) is 5.22. The van der Waals surface area contributed by atoms with Crippen molar-refractivity contribution in [1.82, 2.24) is 9.97 Å². The van der Waals surface area contributed by atoms with Crippen LogP contribution in [0.3, 0.4) is 0 Å². The molecule has 0 aliphatic heterocycles. The molecule has 1 atom stereocenters. The molecule has 0 saturated heterocycles. The van der Waals surface area contributed by atoms with E-state index in [9.17, 15) is 8.78 Å². The normalized spacial score (nSPS) is 12.4. The largest absolute Gasteiger partial charge is 0.381 e. The van der Waals surface area contributed by atoms with Gasteiger partial charge in [-0.25, -0.2) is 18.7 Å². The molecule has 0 bridgehead atoms. The highest BCUT2D eigenvalue weighted by atomic mass is 32.1. The minimum atomic E-state index is -0.863. The monoisotopic (exact) mass is 284 g/mol. The van der Waals surface area contributed by atoms with Crippen LogP contribution in [0.5, 0.6) is 0 Å². The minimum absolute atomic E-state index is 0.0698. The Morgan fingerprint density at radius 1 is 1.42 bits per heavy atom. The maximum absolute atomic E-state index is 13.5. The maximum Gasteiger partial charge on any atom is 0.168 e. The third-order valence-electron chi connectivity index (χ3n) is 2.60. The SMILES string of the molecule is CCc1cnc(C(C)Nc2nc(N)c(F)cc2F)s1. The van der Waals surface area contributed by atoms with Crippen LogP contribution in [-0.2, 0) is 6.42 Å². The number of nitrogen functional groups attached to an aromatic ring is 1. The van der Waals surface area contributed by atoms with E-state index in [1.165, 1.54) is 0 Å². The third kappa shape index (κ3) is 2.98. The zero-order chi connectivity index (χ0) is 14.0. The second kappa shape index (κ2) is 5.48. The number of aromatic nitrogens is 2. The molecule has 0 amide bonds. The molecule has 3 N–H and O–H groups in total. The Bertz CT molecular complexity index is 585. The fourth-order valence-corrected chi connectivity index (χ4v) is 2.39. The van der Waals surface area contributed by atoms with E-state index in [1.54, 1.807) is 17.5 Å². The number of aryl methyl sites for hydroxylation is 1. The number of halogens is 2. The van der Waals surface area contributed by atoms with Crippen molar-refractivity contribution in [3.63, 3.8) is 0 Å². The van der Waals surface area contributed by atoms with Crippen molar-refractivity contribution in [1.29, 1.82) is 0 Å². The summed E-state index contributed by atoms with van der Waals surface area (Å²) in [6, 6.07) is 0.494. The van der Waals surface area contributed by atoms with E-state index in [0.29, 0.717) is 0 Å². The van der Waals surface area contributed by atoms with Gasteiger partial charge in [0.2, 0.25) is 0 Å². The fourth-order valence-electron chi connectivity index (χ4n) is 1.54. The predicted octanol–water partition coefficient (Wildman–Crippen LogP) is 3.13. The molecule has 2 rings (SSSR count). The molecule has 4 nitrogen and oxygen atoms in total. The summed E-state index contributed by atoms with van der Waals surface area (Å²) in [6.45, 7) is 3.87. The van der Waals surface area contributed by atoms with Gasteiger partial charge in [-0.15, -0.1) is 11.3 Å². The van der Waals surface area contributed by atoms with Crippen LogP contribution >= 0.6 is 11.3 Å². The number of nitrogens with two attached hydrogens (primary N) is 1. The summed E-state index contributed by atoms with van der Waals surface area (Å²) >= 11 is 1.54. The van der Waals surface area contributed by atoms with Gasteiger partial charge in [-0.1, -0.05) is 6.92 Å². The Kier molecular flexibility index (Phi) is 3.94. The summed E-state index contributed by atoms with van der Waals surface area (Å²) in [5.41, 5.74) is 5.32. The Morgan fingerprint density at radius 2 is 2.16 bits per heavy atom. The summed E-state index contributed by atoms with van der Waals surface area (Å²) in [5, 5.41) is 3.67. The lowest BCUT2D eigenvalue weighted by Crippen LogP contribution is -2.11. The highest BCUT2D eigenvalue weighted by molar-refractivity contribution is 7.11. The molecule has 0 saturated carbocycles. The fraction of sp³-hybridized carbons (Fsp3) is 0.333. The number of pyridine rings is 1. The van der Waals surface area contributed by atoms with Crippen LogP contribution in [0.2, 0.25) is 0 Å². The number of nitrogens with zero attached hydrogens (tertiary/aromatic N) is 2. The van der Waals surface area contributed by atoms with E-state index in [1.807, 2.05) is 13.8 Å². The number of anilines is 2. The summed E-state index contributed by atoms with van der Waals surface area (Å²) in [7, 11) is 0. The van der Waals surface area contributed by atoms with Crippen molar-refractivity contribution in [3.05, 3.63) is 33.8 Å². The van der Waals surface area contributed by atoms with Gasteiger partial charge >= 0.3 is 0 Å². The summed E-state index contributed by atoms with van der Waals surface area (Å²) < 4.78 is 26.5. The van der Waals surface area contributed by atoms with Gasteiger partial charge in [0, 0.05) is 17.1 Å². The first-order valence-corrected chi connectivity index (χ1v) is 6.65. The maximum atomic E-state index is 13.5. The number of hydrogen-bond donors (Lipinski definition) is 2. The van der Waals surface area contributed by atoms with E-state index in [2.05, 4.69) is 15.3 Å². The summed E-state index contributed by atoms with van der Waals surface area (Å²) in [5.74, 6) is -2.03. The minimum Gasteiger partial charge on any atom is -0.381 e. The molecule has 0 fully saturated rings. The van der Waals surface area contributed by atoms with Gasteiger partial charge in [0.05, 0.1) is 6.04 Å². The second-order valence-electron chi connectivity index (χ2n) is 4.07. The molecule has 0 aliphatic carbocycles. The zero-order valence-corrected chi connectivity index (χ0v) is 11.4. The molecule has 0 aliphatic rings. The molecule has 2 aromatic heterocycles. The van der Waals surface area contributed by atoms with Crippen LogP contribution in [0.1, 0.15) is 29.8 Å². The molecule has 2 heterocycles. The molecule has 1 unspecified atom stereocenters. The molecular formula is C12H14F2N4S. The van der Waals surface area contributed by atoms with Crippen LogP contribution < -0.4 is 11.1 Å². The van der Waals surface area contributed by atoms with Gasteiger partial charge in [-0.2, -0.15) is 0 Å². The van der Waals surface area contributed by atoms with Gasteiger partial charge < -0.3 is 11.1 Å². The van der Waals surface area contributed by atoms with Gasteiger partial charge in [0.15, 0.2) is 23.3 Å². The predicted molar refractivity (Wildman–Crippen MR) is 72.1 cm³/mol. The lowest BCUT2D eigenvalue weighted by atomic mass is 10.3. The average molecular weight is 284 g/mol. The van der Waals surface area contributed by atoms with E-state index < -0.39 is 11.6 Å². The molecule has 7 heteroatoms. The molecular weight excluding hydrogens is 270 g/mol. The number of rotatable bonds is 4. The number of thiazole rings is 1. The third-order valence-corrected chi connectivity index (χ3v) is 3.92. The first kappa shape index (κ1) is 13.7. The molecule has 0 spiro atoms. The number of nitrogens with one attached hydrogen (secondary N) is 1. The highest BCUT2D eigenvalue weighted by Crippen LogP contribution is 2.25. The van der Waals surface area contributed by atoms with Crippen LogP contribution in [0, 0.1) is 11.6 Å². The van der Waals surface area contributed by atoms with E-state index in [4.69, 9.17) is 5.73 Å². The van der Waals surface area contributed by atoms with Gasteiger partial charge in [-0.3, -0.25) is 0 Å². The zero-order valence-electron chi connectivity index (χ0n) is 10.6. The molecule has 0 radical (unpaired) electrons. The lowest BCUT2D eigenvalue weighted by molar-refractivity contribution is 0.578. The first-order valence-electron chi connectivity index (χ1n) is 5.84. The summed E-state index contributed by atoms with van der Waals surface area (Å²) in [4.78, 5) is 9.06. The smallest absolute Gasteiger partial charge is 0.168 e. The van der Waals surface area contributed by atoms with Crippen molar-refractivity contribution < 1.29 is 8.78 Å². The van der Waals surface area contributed by atoms with E-state index >= 15 is 0 Å². The van der Waals surface area contributed by atoms with Crippen molar-refractivity contribution in [2.24, 2.45) is 0 Å². The molecule has 0 aromatic carbocycles. The van der Waals surface area contributed by atoms with Crippen molar-refractivity contribution in [2.75, 3.05) is 11.1 Å². The molecule has 19 heavy (non-hydrogen) atoms. The van der Waals surface area contributed by atoms with E-state index in [0.717, 1.165) is 22.4 Å². The molecule has 2 aromatic rings. The Hall–Kier alpha value is -1.76. The summed E-state index contributed by atoms with van der Waals surface area (Å²) in [6.07, 6.45) is 2.70. The van der Waals surface area contributed by atoms with Gasteiger partial charge in [0.1, 0.15) is 5.01 Å². The van der Waals surface area contributed by atoms with Crippen LogP contribution in [-0.4, -0.2) is 9.97 Å². The molecule has 102 valence electrons. The Morgan fingerprint density at radius 3 is 2.79 bits per heavy atom. The van der Waals surface area contributed by atoms with Crippen LogP contribution in [0.4, 0.5) is 20.4 Å². The lowest BCUT2D eigenvalue weighted by Gasteiger charge is -2.13. The van der Waals surface area contributed by atoms with Crippen LogP contribution in [0.15, 0.2) is 12.3 Å². The Labute approximate surface area is 113 Å². The first-order chi connectivity index (χ1) is 9.01. The standard InChI is InChI=1S/C12H14F2N4S/c1-3-7-5-16-12(19-7)6(2)17-11-9(14)4-8(13)10(15)18-11/h4-6H,3H2,1-2H3,(H3,15,17,18). The van der Waals surface area contributed by atoms with Gasteiger partial charge in [-0.05, 0) is 13.3 Å². The van der Waals surface area contributed by atoms with Crippen molar-refractivity contribution in [2.45, 2.75) is 26.3 Å².